The van der Waals surface area contributed by atoms with Crippen LogP contribution >= 0.6 is 0 Å². The SMILES string of the molecule is NC(C(=O)NCc1ccc(C(F)(F)F)c(Nc2nc3cc4c(cc3[nH]2)C(=O)N(C2CCC(C(F)(F)F)CC2)CO4)c1)C(F)(F)F. The molecule has 45 heavy (non-hydrogen) atoms. The summed E-state index contributed by atoms with van der Waals surface area (Å²) >= 11 is 0. The van der Waals surface area contributed by atoms with Crippen molar-refractivity contribution in [2.45, 2.75) is 62.8 Å². The van der Waals surface area contributed by atoms with Gasteiger partial charge in [0.05, 0.1) is 33.8 Å². The van der Waals surface area contributed by atoms with E-state index in [0.29, 0.717) is 6.07 Å². The van der Waals surface area contributed by atoms with Crippen LogP contribution in [0.3, 0.4) is 0 Å². The first kappa shape index (κ1) is 32.2. The molecule has 0 bridgehead atoms. The van der Waals surface area contributed by atoms with Crippen molar-refractivity contribution in [1.29, 1.82) is 0 Å². The molecular weight excluding hydrogens is 627 g/mol. The molecule has 2 heterocycles. The van der Waals surface area contributed by atoms with Crippen molar-refractivity contribution in [3.05, 3.63) is 47.0 Å². The smallest absolute Gasteiger partial charge is 0.418 e. The summed E-state index contributed by atoms with van der Waals surface area (Å²) in [5, 5.41) is 4.42. The third-order valence-corrected chi connectivity index (χ3v) is 7.78. The summed E-state index contributed by atoms with van der Waals surface area (Å²) < 4.78 is 124. The first-order valence-corrected chi connectivity index (χ1v) is 13.5. The van der Waals surface area contributed by atoms with Crippen LogP contribution in [0.4, 0.5) is 51.1 Å². The van der Waals surface area contributed by atoms with Gasteiger partial charge in [-0.2, -0.15) is 39.5 Å². The molecule has 2 aromatic carbocycles. The number of nitrogens with two attached hydrogens (primary N) is 1. The zero-order chi connectivity index (χ0) is 32.9. The maximum Gasteiger partial charge on any atom is 0.418 e. The number of amides is 2. The molecule has 2 amide bonds. The molecule has 1 aliphatic carbocycles. The minimum Gasteiger partial charge on any atom is -0.472 e. The van der Waals surface area contributed by atoms with Crippen LogP contribution in [0.15, 0.2) is 30.3 Å². The van der Waals surface area contributed by atoms with Crippen molar-refractivity contribution >= 4 is 34.5 Å². The molecule has 18 heteroatoms. The molecule has 0 radical (unpaired) electrons. The molecule has 9 nitrogen and oxygen atoms in total. The van der Waals surface area contributed by atoms with Crippen LogP contribution in [0, 0.1) is 5.92 Å². The van der Waals surface area contributed by atoms with Gasteiger partial charge < -0.3 is 31.0 Å². The molecule has 3 aromatic rings. The Labute approximate surface area is 248 Å². The van der Waals surface area contributed by atoms with Crippen LogP contribution in [-0.4, -0.2) is 57.8 Å². The van der Waals surface area contributed by atoms with Gasteiger partial charge in [0.2, 0.25) is 11.9 Å². The van der Waals surface area contributed by atoms with E-state index in [-0.39, 0.29) is 66.3 Å². The van der Waals surface area contributed by atoms with E-state index in [1.807, 2.05) is 5.32 Å². The third-order valence-electron chi connectivity index (χ3n) is 7.78. The number of nitrogens with one attached hydrogen (secondary N) is 3. The number of imidazole rings is 1. The zero-order valence-electron chi connectivity index (χ0n) is 23.0. The molecule has 1 saturated carbocycles. The minimum absolute atomic E-state index is 0.0168. The predicted octanol–water partition coefficient (Wildman–Crippen LogP) is 5.74. The number of benzene rings is 2. The summed E-state index contributed by atoms with van der Waals surface area (Å²) in [5.41, 5.74) is 3.72. The number of hydrogen-bond donors (Lipinski definition) is 4. The van der Waals surface area contributed by atoms with Gasteiger partial charge in [-0.15, -0.1) is 0 Å². The van der Waals surface area contributed by atoms with Gasteiger partial charge in [0.25, 0.3) is 5.91 Å². The van der Waals surface area contributed by atoms with Gasteiger partial charge in [-0.05, 0) is 49.4 Å². The fourth-order valence-electron chi connectivity index (χ4n) is 5.35. The molecule has 1 unspecified atom stereocenters. The van der Waals surface area contributed by atoms with Gasteiger partial charge in [-0.1, -0.05) is 6.07 Å². The highest BCUT2D eigenvalue weighted by Gasteiger charge is 2.44. The molecule has 1 aliphatic heterocycles. The number of nitrogens with zero attached hydrogens (tertiary/aromatic N) is 2. The van der Waals surface area contributed by atoms with E-state index < -0.39 is 66.1 Å². The fraction of sp³-hybridized carbons (Fsp3) is 0.444. The van der Waals surface area contributed by atoms with Gasteiger partial charge in [-0.25, -0.2) is 4.98 Å². The van der Waals surface area contributed by atoms with Crippen LogP contribution in [0.1, 0.15) is 47.2 Å². The average Bonchev–Trinajstić information content (AvgIpc) is 3.34. The number of ether oxygens (including phenoxy) is 1. The summed E-state index contributed by atoms with van der Waals surface area (Å²) in [6.07, 6.45) is -14.1. The van der Waals surface area contributed by atoms with Crippen LogP contribution < -0.4 is 21.1 Å². The largest absolute Gasteiger partial charge is 0.472 e. The number of halogens is 9. The second-order valence-corrected chi connectivity index (χ2v) is 10.8. The molecule has 5 N–H and O–H groups in total. The van der Waals surface area contributed by atoms with Crippen LogP contribution in [0.5, 0.6) is 5.75 Å². The van der Waals surface area contributed by atoms with Crippen LogP contribution in [0.25, 0.3) is 11.0 Å². The summed E-state index contributed by atoms with van der Waals surface area (Å²) in [4.78, 5) is 33.3. The first-order chi connectivity index (χ1) is 20.9. The van der Waals surface area contributed by atoms with Gasteiger partial charge >= 0.3 is 18.5 Å². The monoisotopic (exact) mass is 652 g/mol. The first-order valence-electron chi connectivity index (χ1n) is 13.5. The van der Waals surface area contributed by atoms with Gasteiger partial charge in [0.15, 0.2) is 12.8 Å². The van der Waals surface area contributed by atoms with E-state index in [1.54, 1.807) is 0 Å². The van der Waals surface area contributed by atoms with Crippen molar-refractivity contribution in [2.24, 2.45) is 11.7 Å². The normalized spacial score (nSPS) is 20.0. The van der Waals surface area contributed by atoms with E-state index in [9.17, 15) is 49.1 Å². The van der Waals surface area contributed by atoms with Gasteiger partial charge in [0, 0.05) is 18.7 Å². The Morgan fingerprint density at radius 1 is 1.04 bits per heavy atom. The quantitative estimate of drug-likeness (QED) is 0.252. The summed E-state index contributed by atoms with van der Waals surface area (Å²) in [6.45, 7) is -0.754. The van der Waals surface area contributed by atoms with E-state index in [1.165, 1.54) is 17.0 Å². The van der Waals surface area contributed by atoms with Crippen molar-refractivity contribution in [1.82, 2.24) is 20.2 Å². The van der Waals surface area contributed by atoms with Crippen molar-refractivity contribution in [2.75, 3.05) is 12.0 Å². The average molecular weight is 653 g/mol. The Bertz CT molecular complexity index is 1590. The summed E-state index contributed by atoms with van der Waals surface area (Å²) in [5.74, 6) is -3.52. The van der Waals surface area contributed by atoms with Crippen molar-refractivity contribution in [3.8, 4) is 5.75 Å². The van der Waals surface area contributed by atoms with Crippen molar-refractivity contribution < 1.29 is 53.8 Å². The minimum atomic E-state index is -5.01. The van der Waals surface area contributed by atoms with Crippen LogP contribution in [0.2, 0.25) is 0 Å². The number of aromatic amines is 1. The number of aromatic nitrogens is 2. The van der Waals surface area contributed by atoms with Gasteiger partial charge in [0.1, 0.15) is 5.75 Å². The Balaban J connectivity index is 1.34. The Hall–Kier alpha value is -4.22. The zero-order valence-corrected chi connectivity index (χ0v) is 23.0. The Morgan fingerprint density at radius 2 is 1.73 bits per heavy atom. The number of hydrogen-bond acceptors (Lipinski definition) is 6. The summed E-state index contributed by atoms with van der Waals surface area (Å²) in [6, 6.07) is 2.11. The van der Waals surface area contributed by atoms with E-state index in [2.05, 4.69) is 15.3 Å². The Morgan fingerprint density at radius 3 is 2.36 bits per heavy atom. The van der Waals surface area contributed by atoms with E-state index >= 15 is 0 Å². The van der Waals surface area contributed by atoms with E-state index in [0.717, 1.165) is 12.1 Å². The molecule has 1 atom stereocenters. The summed E-state index contributed by atoms with van der Waals surface area (Å²) in [7, 11) is 0. The topological polar surface area (TPSA) is 125 Å². The maximum absolute atomic E-state index is 13.8. The second-order valence-electron chi connectivity index (χ2n) is 10.8. The lowest BCUT2D eigenvalue weighted by Gasteiger charge is -2.39. The lowest BCUT2D eigenvalue weighted by Crippen LogP contribution is -2.49. The molecule has 5 rings (SSSR count). The fourth-order valence-corrected chi connectivity index (χ4v) is 5.35. The van der Waals surface area contributed by atoms with Crippen molar-refractivity contribution in [3.63, 3.8) is 0 Å². The molecular formula is C27H25F9N6O3. The highest BCUT2D eigenvalue weighted by Crippen LogP contribution is 2.41. The molecule has 0 saturated heterocycles. The number of rotatable bonds is 6. The number of alkyl halides is 9. The number of carbonyl (C=O) groups is 2. The molecule has 1 fully saturated rings. The number of carbonyl (C=O) groups excluding carboxylic acids is 2. The number of anilines is 2. The molecule has 2 aliphatic rings. The molecule has 1 aromatic heterocycles. The Kier molecular flexibility index (Phi) is 8.30. The van der Waals surface area contributed by atoms with Crippen LogP contribution in [-0.2, 0) is 17.5 Å². The lowest BCUT2D eigenvalue weighted by molar-refractivity contribution is -0.184. The standard InChI is InChI=1S/C27H25F9N6O3/c28-25(29,30)13-2-4-14(5-3-13)42-11-45-20-9-19-18(8-15(20)23(42)44)40-24(41-19)39-17-7-12(1-6-16(17)26(31,32)33)10-38-22(43)21(37)27(34,35)36/h1,6-9,13-14,21H,2-5,10-11,37H2,(H,38,43)(H2,39,40,41). The molecule has 0 spiro atoms. The lowest BCUT2D eigenvalue weighted by atomic mass is 9.84. The van der Waals surface area contributed by atoms with Gasteiger partial charge in [-0.3, -0.25) is 9.59 Å². The van der Waals surface area contributed by atoms with E-state index in [4.69, 9.17) is 10.5 Å². The third kappa shape index (κ3) is 6.89. The number of fused-ring (bicyclic) bond motifs is 2. The molecule has 244 valence electrons. The number of H-pyrrole nitrogens is 1. The predicted molar refractivity (Wildman–Crippen MR) is 140 cm³/mol. The highest BCUT2D eigenvalue weighted by molar-refractivity contribution is 6.01. The second kappa shape index (κ2) is 11.6. The highest BCUT2D eigenvalue weighted by atomic mass is 19.4. The maximum atomic E-state index is 13.8.